The Hall–Kier alpha value is -0.570. The van der Waals surface area contributed by atoms with Gasteiger partial charge in [0.05, 0.1) is 5.54 Å². The zero-order chi connectivity index (χ0) is 10.8. The van der Waals surface area contributed by atoms with Crippen LogP contribution in [0.2, 0.25) is 0 Å². The first kappa shape index (κ1) is 11.5. The van der Waals surface area contributed by atoms with Gasteiger partial charge >= 0.3 is 0 Å². The predicted molar refractivity (Wildman–Crippen MR) is 58.0 cm³/mol. The minimum absolute atomic E-state index is 0.0903. The lowest BCUT2D eigenvalue weighted by Crippen LogP contribution is -2.51. The van der Waals surface area contributed by atoms with Gasteiger partial charge in [-0.05, 0) is 45.6 Å². The second kappa shape index (κ2) is 4.30. The fourth-order valence-electron chi connectivity index (χ4n) is 1.42. The highest BCUT2D eigenvalue weighted by molar-refractivity contribution is 5.85. The van der Waals surface area contributed by atoms with Crippen LogP contribution in [0.1, 0.15) is 33.6 Å². The molecule has 2 N–H and O–H groups in total. The van der Waals surface area contributed by atoms with Crippen LogP contribution in [0, 0.1) is 11.8 Å². The lowest BCUT2D eigenvalue weighted by molar-refractivity contribution is -0.126. The third kappa shape index (κ3) is 2.98. The van der Waals surface area contributed by atoms with Gasteiger partial charge in [0.15, 0.2) is 0 Å². The molecule has 0 aromatic heterocycles. The van der Waals surface area contributed by atoms with Crippen molar-refractivity contribution in [2.24, 2.45) is 11.8 Å². The Morgan fingerprint density at radius 1 is 1.50 bits per heavy atom. The van der Waals surface area contributed by atoms with Gasteiger partial charge in [-0.3, -0.25) is 4.79 Å². The first-order chi connectivity index (χ1) is 6.47. The molecule has 0 aromatic carbocycles. The van der Waals surface area contributed by atoms with E-state index < -0.39 is 5.54 Å². The predicted octanol–water partition coefficient (Wildman–Crippen LogP) is 1.15. The summed E-state index contributed by atoms with van der Waals surface area (Å²) in [5, 5.41) is 5.99. The summed E-state index contributed by atoms with van der Waals surface area (Å²) >= 11 is 0. The van der Waals surface area contributed by atoms with Gasteiger partial charge in [-0.15, -0.1) is 0 Å². The zero-order valence-electron chi connectivity index (χ0n) is 9.68. The second-order valence-corrected chi connectivity index (χ2v) is 4.90. The second-order valence-electron chi connectivity index (χ2n) is 4.90. The summed E-state index contributed by atoms with van der Waals surface area (Å²) in [5.41, 5.74) is -0.455. The van der Waals surface area contributed by atoms with E-state index in [9.17, 15) is 4.79 Å². The monoisotopic (exact) mass is 198 g/mol. The SMILES string of the molecule is CNC(C)(C)C(=O)NCC(C)C1CC1. The largest absolute Gasteiger partial charge is 0.354 e. The van der Waals surface area contributed by atoms with E-state index in [-0.39, 0.29) is 5.91 Å². The van der Waals surface area contributed by atoms with Gasteiger partial charge in [-0.25, -0.2) is 0 Å². The molecule has 1 rings (SSSR count). The third-order valence-corrected chi connectivity index (χ3v) is 3.20. The van der Waals surface area contributed by atoms with Crippen LogP contribution >= 0.6 is 0 Å². The van der Waals surface area contributed by atoms with Crippen molar-refractivity contribution < 1.29 is 4.79 Å². The Balaban J connectivity index is 2.26. The van der Waals surface area contributed by atoms with Crippen LogP contribution < -0.4 is 10.6 Å². The molecule has 0 bridgehead atoms. The Labute approximate surface area is 86.6 Å². The van der Waals surface area contributed by atoms with Crippen molar-refractivity contribution in [3.05, 3.63) is 0 Å². The van der Waals surface area contributed by atoms with Gasteiger partial charge < -0.3 is 10.6 Å². The van der Waals surface area contributed by atoms with Gasteiger partial charge in [0.25, 0.3) is 0 Å². The van der Waals surface area contributed by atoms with Gasteiger partial charge in [0.2, 0.25) is 5.91 Å². The molecule has 1 atom stereocenters. The molecule has 0 aliphatic heterocycles. The molecule has 1 fully saturated rings. The Bertz CT molecular complexity index is 209. The summed E-state index contributed by atoms with van der Waals surface area (Å²) in [7, 11) is 1.81. The van der Waals surface area contributed by atoms with Crippen molar-refractivity contribution in [2.45, 2.75) is 39.2 Å². The Kier molecular flexibility index (Phi) is 3.53. The van der Waals surface area contributed by atoms with E-state index in [1.165, 1.54) is 12.8 Å². The number of nitrogens with one attached hydrogen (secondary N) is 2. The molecule has 1 unspecified atom stereocenters. The van der Waals surface area contributed by atoms with Gasteiger partial charge in [0, 0.05) is 6.54 Å². The van der Waals surface area contributed by atoms with E-state index in [2.05, 4.69) is 17.6 Å². The maximum Gasteiger partial charge on any atom is 0.239 e. The quantitative estimate of drug-likeness (QED) is 0.695. The highest BCUT2D eigenvalue weighted by Gasteiger charge is 2.30. The molecule has 3 nitrogen and oxygen atoms in total. The van der Waals surface area contributed by atoms with Crippen LogP contribution in [-0.4, -0.2) is 25.0 Å². The maximum atomic E-state index is 11.7. The lowest BCUT2D eigenvalue weighted by atomic mass is 10.0. The van der Waals surface area contributed by atoms with Crippen LogP contribution in [0.3, 0.4) is 0 Å². The molecule has 1 aliphatic carbocycles. The first-order valence-corrected chi connectivity index (χ1v) is 5.44. The van der Waals surface area contributed by atoms with Crippen LogP contribution in [0.15, 0.2) is 0 Å². The average molecular weight is 198 g/mol. The number of carbonyl (C=O) groups is 1. The molecule has 3 heteroatoms. The maximum absolute atomic E-state index is 11.7. The summed E-state index contributed by atoms with van der Waals surface area (Å²) in [6, 6.07) is 0. The fraction of sp³-hybridized carbons (Fsp3) is 0.909. The van der Waals surface area contributed by atoms with E-state index >= 15 is 0 Å². The molecular formula is C11H22N2O. The summed E-state index contributed by atoms with van der Waals surface area (Å²) in [6.07, 6.45) is 2.68. The molecule has 1 amide bonds. The van der Waals surface area contributed by atoms with Crippen LogP contribution in [-0.2, 0) is 4.79 Å². The number of amides is 1. The lowest BCUT2D eigenvalue weighted by Gasteiger charge is -2.23. The standard InChI is InChI=1S/C11H22N2O/c1-8(9-5-6-9)7-13-10(14)11(2,3)12-4/h8-9,12H,5-7H2,1-4H3,(H,13,14). The van der Waals surface area contributed by atoms with Crippen LogP contribution in [0.25, 0.3) is 0 Å². The molecule has 0 radical (unpaired) electrons. The summed E-state index contributed by atoms with van der Waals surface area (Å²) < 4.78 is 0. The normalized spacial score (nSPS) is 19.1. The number of likely N-dealkylation sites (N-methyl/N-ethyl adjacent to an activating group) is 1. The average Bonchev–Trinajstić information content (AvgIpc) is 2.96. The van der Waals surface area contributed by atoms with Crippen molar-refractivity contribution in [1.82, 2.24) is 10.6 Å². The van der Waals surface area contributed by atoms with E-state index in [0.717, 1.165) is 12.5 Å². The van der Waals surface area contributed by atoms with Gasteiger partial charge in [-0.2, -0.15) is 0 Å². The number of rotatable bonds is 5. The van der Waals surface area contributed by atoms with Crippen molar-refractivity contribution in [3.63, 3.8) is 0 Å². The van der Waals surface area contributed by atoms with Crippen LogP contribution in [0.5, 0.6) is 0 Å². The highest BCUT2D eigenvalue weighted by Crippen LogP contribution is 2.36. The minimum Gasteiger partial charge on any atom is -0.354 e. The molecule has 1 saturated carbocycles. The first-order valence-electron chi connectivity index (χ1n) is 5.44. The molecule has 1 aliphatic rings. The Morgan fingerprint density at radius 2 is 2.07 bits per heavy atom. The van der Waals surface area contributed by atoms with Crippen molar-refractivity contribution in [3.8, 4) is 0 Å². The summed E-state index contributed by atoms with van der Waals surface area (Å²) in [4.78, 5) is 11.7. The topological polar surface area (TPSA) is 41.1 Å². The van der Waals surface area contributed by atoms with Crippen molar-refractivity contribution >= 4 is 5.91 Å². The van der Waals surface area contributed by atoms with E-state index in [4.69, 9.17) is 0 Å². The van der Waals surface area contributed by atoms with E-state index in [1.807, 2.05) is 20.9 Å². The molecule has 82 valence electrons. The summed E-state index contributed by atoms with van der Waals surface area (Å²) in [6.45, 7) is 6.81. The Morgan fingerprint density at radius 3 is 2.50 bits per heavy atom. The minimum atomic E-state index is -0.455. The number of carbonyl (C=O) groups excluding carboxylic acids is 1. The number of hydrogen-bond donors (Lipinski definition) is 2. The molecule has 0 spiro atoms. The molecule has 0 heterocycles. The smallest absolute Gasteiger partial charge is 0.239 e. The van der Waals surface area contributed by atoms with Crippen molar-refractivity contribution in [1.29, 1.82) is 0 Å². The van der Waals surface area contributed by atoms with E-state index in [0.29, 0.717) is 5.92 Å². The fourth-order valence-corrected chi connectivity index (χ4v) is 1.42. The highest BCUT2D eigenvalue weighted by atomic mass is 16.2. The zero-order valence-corrected chi connectivity index (χ0v) is 9.68. The van der Waals surface area contributed by atoms with Gasteiger partial charge in [0.1, 0.15) is 0 Å². The molecule has 0 saturated heterocycles. The number of hydrogen-bond acceptors (Lipinski definition) is 2. The molecule has 0 aromatic rings. The molecule has 14 heavy (non-hydrogen) atoms. The molecular weight excluding hydrogens is 176 g/mol. The van der Waals surface area contributed by atoms with E-state index in [1.54, 1.807) is 0 Å². The summed E-state index contributed by atoms with van der Waals surface area (Å²) in [5.74, 6) is 1.58. The third-order valence-electron chi connectivity index (χ3n) is 3.20. The van der Waals surface area contributed by atoms with Gasteiger partial charge in [-0.1, -0.05) is 6.92 Å². The van der Waals surface area contributed by atoms with Crippen molar-refractivity contribution in [2.75, 3.05) is 13.6 Å². The van der Waals surface area contributed by atoms with Crippen LogP contribution in [0.4, 0.5) is 0 Å².